The SMILES string of the molecule is CCn1cc(CN2CCCCC[C@@H]2c2cc(-c3cccs3)on2)c(C)n1. The molecule has 5 nitrogen and oxygen atoms in total. The first-order chi connectivity index (χ1) is 12.7. The van der Waals surface area contributed by atoms with Crippen LogP contribution in [0.1, 0.15) is 55.6 Å². The quantitative estimate of drug-likeness (QED) is 0.631. The van der Waals surface area contributed by atoms with Crippen molar-refractivity contribution in [3.05, 3.63) is 46.7 Å². The Morgan fingerprint density at radius 2 is 2.23 bits per heavy atom. The molecule has 4 rings (SSSR count). The van der Waals surface area contributed by atoms with Crippen molar-refractivity contribution in [1.29, 1.82) is 0 Å². The van der Waals surface area contributed by atoms with Gasteiger partial charge in [-0.1, -0.05) is 24.1 Å². The maximum absolute atomic E-state index is 5.66. The van der Waals surface area contributed by atoms with Crippen molar-refractivity contribution in [1.82, 2.24) is 19.8 Å². The molecule has 0 aliphatic carbocycles. The van der Waals surface area contributed by atoms with Crippen molar-refractivity contribution in [2.24, 2.45) is 0 Å². The first kappa shape index (κ1) is 17.5. The van der Waals surface area contributed by atoms with E-state index in [4.69, 9.17) is 4.52 Å². The van der Waals surface area contributed by atoms with Gasteiger partial charge in [0.1, 0.15) is 5.69 Å². The van der Waals surface area contributed by atoms with Gasteiger partial charge in [0.2, 0.25) is 0 Å². The third-order valence-corrected chi connectivity index (χ3v) is 6.13. The van der Waals surface area contributed by atoms with Gasteiger partial charge in [-0.2, -0.15) is 5.10 Å². The van der Waals surface area contributed by atoms with Gasteiger partial charge in [-0.15, -0.1) is 11.3 Å². The van der Waals surface area contributed by atoms with Gasteiger partial charge in [-0.3, -0.25) is 9.58 Å². The Bertz CT molecular complexity index is 836. The topological polar surface area (TPSA) is 47.1 Å². The lowest BCUT2D eigenvalue weighted by Crippen LogP contribution is -2.28. The summed E-state index contributed by atoms with van der Waals surface area (Å²) in [5.41, 5.74) is 3.52. The van der Waals surface area contributed by atoms with E-state index >= 15 is 0 Å². The summed E-state index contributed by atoms with van der Waals surface area (Å²) in [6, 6.07) is 6.59. The summed E-state index contributed by atoms with van der Waals surface area (Å²) in [7, 11) is 0. The number of rotatable bonds is 5. The van der Waals surface area contributed by atoms with E-state index in [0.29, 0.717) is 6.04 Å². The first-order valence-electron chi connectivity index (χ1n) is 9.52. The van der Waals surface area contributed by atoms with Crippen LogP contribution in [0.4, 0.5) is 0 Å². The standard InChI is InChI=1S/C20H26N4OS/c1-3-24-14-16(15(2)21-24)13-23-10-6-4-5-8-18(23)17-12-19(25-22-17)20-9-7-11-26-20/h7,9,11-12,14,18H,3-6,8,10,13H2,1-2H3/t18-/m1/s1. The second-order valence-corrected chi connectivity index (χ2v) is 7.97. The maximum Gasteiger partial charge on any atom is 0.177 e. The molecule has 6 heteroatoms. The number of thiophene rings is 1. The minimum atomic E-state index is 0.319. The van der Waals surface area contributed by atoms with E-state index in [1.54, 1.807) is 11.3 Å². The summed E-state index contributed by atoms with van der Waals surface area (Å²) in [6.45, 7) is 7.18. The molecule has 0 unspecified atom stereocenters. The molecule has 3 aromatic rings. The number of nitrogens with zero attached hydrogens (tertiary/aromatic N) is 4. The van der Waals surface area contributed by atoms with E-state index in [0.717, 1.165) is 48.1 Å². The molecule has 1 aliphatic rings. The molecule has 0 saturated carbocycles. The maximum atomic E-state index is 5.66. The minimum absolute atomic E-state index is 0.319. The molecule has 0 amide bonds. The lowest BCUT2D eigenvalue weighted by atomic mass is 10.1. The van der Waals surface area contributed by atoms with Crippen LogP contribution < -0.4 is 0 Å². The van der Waals surface area contributed by atoms with Gasteiger partial charge in [0.25, 0.3) is 0 Å². The highest BCUT2D eigenvalue weighted by molar-refractivity contribution is 7.13. The average molecular weight is 371 g/mol. The zero-order chi connectivity index (χ0) is 17.9. The highest BCUT2D eigenvalue weighted by Gasteiger charge is 2.27. The van der Waals surface area contributed by atoms with Gasteiger partial charge in [0, 0.05) is 30.9 Å². The predicted octanol–water partition coefficient (Wildman–Crippen LogP) is 5.05. The Hall–Kier alpha value is -1.92. The van der Waals surface area contributed by atoms with Gasteiger partial charge in [-0.05, 0) is 44.7 Å². The van der Waals surface area contributed by atoms with E-state index in [1.165, 1.54) is 24.8 Å². The van der Waals surface area contributed by atoms with Crippen LogP contribution in [0.25, 0.3) is 10.6 Å². The second-order valence-electron chi connectivity index (χ2n) is 7.02. The van der Waals surface area contributed by atoms with Gasteiger partial charge in [0.05, 0.1) is 16.6 Å². The monoisotopic (exact) mass is 370 g/mol. The van der Waals surface area contributed by atoms with E-state index in [2.05, 4.69) is 52.7 Å². The smallest absolute Gasteiger partial charge is 0.177 e. The summed E-state index contributed by atoms with van der Waals surface area (Å²) in [6.07, 6.45) is 7.10. The van der Waals surface area contributed by atoms with E-state index < -0.39 is 0 Å². The number of hydrogen-bond acceptors (Lipinski definition) is 5. The highest BCUT2D eigenvalue weighted by atomic mass is 32.1. The fourth-order valence-corrected chi connectivity index (χ4v) is 4.44. The fourth-order valence-electron chi connectivity index (χ4n) is 3.77. The molecule has 0 aromatic carbocycles. The van der Waals surface area contributed by atoms with Crippen molar-refractivity contribution < 1.29 is 4.52 Å². The van der Waals surface area contributed by atoms with Crippen molar-refractivity contribution in [3.8, 4) is 10.6 Å². The molecular formula is C20H26N4OS. The Morgan fingerprint density at radius 3 is 3.00 bits per heavy atom. The number of aromatic nitrogens is 3. The normalized spacial score (nSPS) is 18.9. The van der Waals surface area contributed by atoms with Crippen LogP contribution in [0.15, 0.2) is 34.3 Å². The van der Waals surface area contributed by atoms with Crippen LogP contribution in [0.2, 0.25) is 0 Å². The van der Waals surface area contributed by atoms with Crippen LogP contribution in [0.5, 0.6) is 0 Å². The van der Waals surface area contributed by atoms with Crippen LogP contribution in [-0.4, -0.2) is 26.4 Å². The Morgan fingerprint density at radius 1 is 1.31 bits per heavy atom. The third-order valence-electron chi connectivity index (χ3n) is 5.24. The summed E-state index contributed by atoms with van der Waals surface area (Å²) in [5, 5.41) is 11.1. The van der Waals surface area contributed by atoms with Crippen LogP contribution >= 0.6 is 11.3 Å². The van der Waals surface area contributed by atoms with Gasteiger partial charge < -0.3 is 4.52 Å². The number of aryl methyl sites for hydroxylation is 2. The molecule has 1 aliphatic heterocycles. The zero-order valence-corrected chi connectivity index (χ0v) is 16.3. The van der Waals surface area contributed by atoms with Crippen LogP contribution in [0, 0.1) is 6.92 Å². The molecule has 1 saturated heterocycles. The Kier molecular flexibility index (Phi) is 5.22. The number of likely N-dealkylation sites (tertiary alicyclic amines) is 1. The molecule has 1 fully saturated rings. The fraction of sp³-hybridized carbons (Fsp3) is 0.500. The van der Waals surface area contributed by atoms with Crippen molar-refractivity contribution in [2.45, 2.75) is 58.7 Å². The van der Waals surface area contributed by atoms with Crippen molar-refractivity contribution >= 4 is 11.3 Å². The molecule has 3 aromatic heterocycles. The van der Waals surface area contributed by atoms with E-state index in [-0.39, 0.29) is 0 Å². The Labute approximate surface area is 158 Å². The molecule has 0 radical (unpaired) electrons. The second kappa shape index (κ2) is 7.76. The molecule has 0 bridgehead atoms. The largest absolute Gasteiger partial charge is 0.355 e. The zero-order valence-electron chi connectivity index (χ0n) is 15.5. The molecular weight excluding hydrogens is 344 g/mol. The number of hydrogen-bond donors (Lipinski definition) is 0. The van der Waals surface area contributed by atoms with Crippen molar-refractivity contribution in [2.75, 3.05) is 6.54 Å². The molecule has 0 spiro atoms. The van der Waals surface area contributed by atoms with Crippen molar-refractivity contribution in [3.63, 3.8) is 0 Å². The third kappa shape index (κ3) is 3.62. The molecule has 1 atom stereocenters. The Balaban J connectivity index is 1.58. The molecule has 138 valence electrons. The van der Waals surface area contributed by atoms with Gasteiger partial charge in [0.15, 0.2) is 5.76 Å². The lowest BCUT2D eigenvalue weighted by molar-refractivity contribution is 0.183. The summed E-state index contributed by atoms with van der Waals surface area (Å²) in [4.78, 5) is 3.71. The van der Waals surface area contributed by atoms with Crippen LogP contribution in [0.3, 0.4) is 0 Å². The van der Waals surface area contributed by atoms with E-state index in [9.17, 15) is 0 Å². The first-order valence-corrected chi connectivity index (χ1v) is 10.4. The summed E-state index contributed by atoms with van der Waals surface area (Å²) < 4.78 is 7.69. The summed E-state index contributed by atoms with van der Waals surface area (Å²) in [5.74, 6) is 0.884. The lowest BCUT2D eigenvalue weighted by Gasteiger charge is -2.28. The highest BCUT2D eigenvalue weighted by Crippen LogP contribution is 2.34. The molecule has 26 heavy (non-hydrogen) atoms. The average Bonchev–Trinajstić information content (AvgIpc) is 3.36. The summed E-state index contributed by atoms with van der Waals surface area (Å²) >= 11 is 1.69. The van der Waals surface area contributed by atoms with Crippen LogP contribution in [-0.2, 0) is 13.1 Å². The van der Waals surface area contributed by atoms with E-state index in [1.807, 2.05) is 10.7 Å². The molecule has 4 heterocycles. The predicted molar refractivity (Wildman–Crippen MR) is 104 cm³/mol. The van der Waals surface area contributed by atoms with Gasteiger partial charge >= 0.3 is 0 Å². The minimum Gasteiger partial charge on any atom is -0.355 e. The van der Waals surface area contributed by atoms with Gasteiger partial charge in [-0.25, -0.2) is 0 Å². The molecule has 0 N–H and O–H groups in total.